The molecule has 0 bridgehead atoms. The van der Waals surface area contributed by atoms with Gasteiger partial charge in [0, 0.05) is 43.8 Å². The molecule has 0 spiro atoms. The van der Waals surface area contributed by atoms with Crippen LogP contribution < -0.4 is 4.74 Å². The van der Waals surface area contributed by atoms with Crippen molar-refractivity contribution in [3.8, 4) is 17.1 Å². The summed E-state index contributed by atoms with van der Waals surface area (Å²) in [4.78, 5) is 9.79. The molecule has 5 nitrogen and oxygen atoms in total. The molecule has 2 heterocycles. The number of halogens is 1. The number of nitrogens with zero attached hydrogens (tertiary/aromatic N) is 4. The number of likely N-dealkylation sites (N-methyl/N-ethyl adjacent to an activating group) is 1. The highest BCUT2D eigenvalue weighted by molar-refractivity contribution is 6.33. The molecule has 6 heteroatoms. The van der Waals surface area contributed by atoms with Crippen molar-refractivity contribution < 1.29 is 4.74 Å². The zero-order valence-corrected chi connectivity index (χ0v) is 19.8. The minimum absolute atomic E-state index is 0.118. The first-order chi connectivity index (χ1) is 14.8. The molecular weight excluding hydrogens is 408 g/mol. The average Bonchev–Trinajstić information content (AvgIpc) is 3.12. The molecule has 0 amide bonds. The number of hydrogen-bond donors (Lipinski definition) is 0. The molecule has 1 aromatic heterocycles. The second-order valence-corrected chi connectivity index (χ2v) is 9.83. The number of aromatic nitrogens is 2. The van der Waals surface area contributed by atoms with E-state index in [-0.39, 0.29) is 5.54 Å². The van der Waals surface area contributed by atoms with Crippen LogP contribution >= 0.6 is 11.6 Å². The minimum atomic E-state index is -0.118. The molecule has 1 aliphatic heterocycles. The fourth-order valence-corrected chi connectivity index (χ4v) is 4.46. The van der Waals surface area contributed by atoms with E-state index in [4.69, 9.17) is 21.3 Å². The van der Waals surface area contributed by atoms with Crippen LogP contribution in [0.15, 0.2) is 42.5 Å². The van der Waals surface area contributed by atoms with Gasteiger partial charge in [0.1, 0.15) is 11.6 Å². The van der Waals surface area contributed by atoms with Gasteiger partial charge in [-0.05, 0) is 64.6 Å². The molecule has 3 aromatic rings. The number of fused-ring (bicyclic) bond motifs is 1. The van der Waals surface area contributed by atoms with Crippen LogP contribution in [0.2, 0.25) is 5.02 Å². The first kappa shape index (κ1) is 22.1. The van der Waals surface area contributed by atoms with Crippen molar-refractivity contribution in [1.82, 2.24) is 19.4 Å². The van der Waals surface area contributed by atoms with Gasteiger partial charge in [-0.15, -0.1) is 0 Å². The third-order valence-corrected chi connectivity index (χ3v) is 6.21. The van der Waals surface area contributed by atoms with Gasteiger partial charge < -0.3 is 19.1 Å². The minimum Gasteiger partial charge on any atom is -0.493 e. The van der Waals surface area contributed by atoms with Crippen molar-refractivity contribution in [3.63, 3.8) is 0 Å². The average molecular weight is 441 g/mol. The van der Waals surface area contributed by atoms with Crippen molar-refractivity contribution in [3.05, 3.63) is 47.5 Å². The van der Waals surface area contributed by atoms with E-state index in [0.29, 0.717) is 11.6 Å². The molecule has 4 rings (SSSR count). The van der Waals surface area contributed by atoms with E-state index in [0.717, 1.165) is 67.3 Å². The third-order valence-electron chi connectivity index (χ3n) is 5.90. The number of piperazine rings is 1. The highest BCUT2D eigenvalue weighted by Gasteiger charge is 2.23. The van der Waals surface area contributed by atoms with Crippen LogP contribution in [0, 0.1) is 0 Å². The number of benzene rings is 2. The van der Waals surface area contributed by atoms with Crippen molar-refractivity contribution in [2.24, 2.45) is 0 Å². The topological polar surface area (TPSA) is 33.5 Å². The molecule has 0 atom stereocenters. The van der Waals surface area contributed by atoms with Gasteiger partial charge in [0.25, 0.3) is 0 Å². The van der Waals surface area contributed by atoms with Crippen LogP contribution in [0.1, 0.15) is 27.2 Å². The SMILES string of the molecule is CN1CCN(CCCOc2ccc(-c3nc4ccccc4n3C(C)(C)C)c(Cl)c2)CC1. The highest BCUT2D eigenvalue weighted by Crippen LogP contribution is 2.36. The maximum Gasteiger partial charge on any atom is 0.143 e. The van der Waals surface area contributed by atoms with Crippen LogP contribution in [0.4, 0.5) is 0 Å². The summed E-state index contributed by atoms with van der Waals surface area (Å²) in [6.45, 7) is 12.9. The van der Waals surface area contributed by atoms with E-state index in [1.54, 1.807) is 0 Å². The summed E-state index contributed by atoms with van der Waals surface area (Å²) < 4.78 is 8.26. The molecule has 1 fully saturated rings. The van der Waals surface area contributed by atoms with Crippen molar-refractivity contribution in [1.29, 1.82) is 0 Å². The van der Waals surface area contributed by atoms with Crippen molar-refractivity contribution >= 4 is 22.6 Å². The van der Waals surface area contributed by atoms with Gasteiger partial charge in [0.15, 0.2) is 0 Å². The Morgan fingerprint density at radius 1 is 1.03 bits per heavy atom. The largest absolute Gasteiger partial charge is 0.493 e. The summed E-state index contributed by atoms with van der Waals surface area (Å²) >= 11 is 6.72. The Morgan fingerprint density at radius 3 is 2.48 bits per heavy atom. The molecule has 2 aromatic carbocycles. The summed E-state index contributed by atoms with van der Waals surface area (Å²) in [6, 6.07) is 14.2. The number of para-hydroxylation sites is 2. The maximum absolute atomic E-state index is 6.72. The molecule has 0 radical (unpaired) electrons. The van der Waals surface area contributed by atoms with E-state index in [2.05, 4.69) is 54.3 Å². The molecule has 0 aliphatic carbocycles. The lowest BCUT2D eigenvalue weighted by molar-refractivity contribution is 0.145. The third kappa shape index (κ3) is 5.05. The predicted octanol–water partition coefficient (Wildman–Crippen LogP) is 5.13. The van der Waals surface area contributed by atoms with E-state index in [9.17, 15) is 0 Å². The van der Waals surface area contributed by atoms with Gasteiger partial charge in [0.2, 0.25) is 0 Å². The van der Waals surface area contributed by atoms with Gasteiger partial charge in [-0.1, -0.05) is 23.7 Å². The summed E-state index contributed by atoms with van der Waals surface area (Å²) in [7, 11) is 2.18. The van der Waals surface area contributed by atoms with Gasteiger partial charge in [-0.3, -0.25) is 0 Å². The van der Waals surface area contributed by atoms with Gasteiger partial charge >= 0.3 is 0 Å². The second kappa shape index (κ2) is 9.19. The number of hydrogen-bond acceptors (Lipinski definition) is 4. The first-order valence-corrected chi connectivity index (χ1v) is 11.5. The van der Waals surface area contributed by atoms with Crippen molar-refractivity contribution in [2.45, 2.75) is 32.7 Å². The maximum atomic E-state index is 6.72. The predicted molar refractivity (Wildman–Crippen MR) is 129 cm³/mol. The van der Waals surface area contributed by atoms with Gasteiger partial charge in [0.05, 0.1) is 22.7 Å². The summed E-state index contributed by atoms with van der Waals surface area (Å²) in [6.07, 6.45) is 1.02. The number of rotatable bonds is 6. The summed E-state index contributed by atoms with van der Waals surface area (Å²) in [5.41, 5.74) is 2.91. The monoisotopic (exact) mass is 440 g/mol. The van der Waals surface area contributed by atoms with Crippen LogP contribution in [0.25, 0.3) is 22.4 Å². The zero-order valence-electron chi connectivity index (χ0n) is 19.1. The van der Waals surface area contributed by atoms with Crippen LogP contribution in [0.5, 0.6) is 5.75 Å². The van der Waals surface area contributed by atoms with E-state index in [1.807, 2.05) is 30.3 Å². The number of ether oxygens (including phenoxy) is 1. The van der Waals surface area contributed by atoms with E-state index < -0.39 is 0 Å². The second-order valence-electron chi connectivity index (χ2n) is 9.42. The Labute approximate surface area is 190 Å². The zero-order chi connectivity index (χ0) is 22.0. The Kier molecular flexibility index (Phi) is 6.56. The molecule has 0 saturated carbocycles. The standard InChI is InChI=1S/C25H33ClN4O/c1-25(2,3)30-23-9-6-5-8-22(23)27-24(30)20-11-10-19(18-21(20)26)31-17-7-12-29-15-13-28(4)14-16-29/h5-6,8-11,18H,7,12-17H2,1-4H3. The van der Waals surface area contributed by atoms with Crippen LogP contribution in [0.3, 0.4) is 0 Å². The lowest BCUT2D eigenvalue weighted by Gasteiger charge is -2.32. The number of imidazole rings is 1. The summed E-state index contributed by atoms with van der Waals surface area (Å²) in [5, 5.41) is 0.664. The van der Waals surface area contributed by atoms with Crippen LogP contribution in [-0.2, 0) is 5.54 Å². The molecule has 0 N–H and O–H groups in total. The lowest BCUT2D eigenvalue weighted by Crippen LogP contribution is -2.44. The molecular formula is C25H33ClN4O. The Hall–Kier alpha value is -2.08. The molecule has 1 aliphatic rings. The van der Waals surface area contributed by atoms with E-state index >= 15 is 0 Å². The van der Waals surface area contributed by atoms with Crippen LogP contribution in [-0.4, -0.2) is 65.7 Å². The fraction of sp³-hybridized carbons (Fsp3) is 0.480. The first-order valence-electron chi connectivity index (χ1n) is 11.1. The Morgan fingerprint density at radius 2 is 1.77 bits per heavy atom. The highest BCUT2D eigenvalue weighted by atomic mass is 35.5. The van der Waals surface area contributed by atoms with Gasteiger partial charge in [-0.2, -0.15) is 0 Å². The molecule has 166 valence electrons. The molecule has 31 heavy (non-hydrogen) atoms. The van der Waals surface area contributed by atoms with Gasteiger partial charge in [-0.25, -0.2) is 4.98 Å². The quantitative estimate of drug-likeness (QED) is 0.497. The lowest BCUT2D eigenvalue weighted by atomic mass is 10.1. The fourth-order valence-electron chi connectivity index (χ4n) is 4.20. The van der Waals surface area contributed by atoms with Crippen molar-refractivity contribution in [2.75, 3.05) is 46.4 Å². The summed E-state index contributed by atoms with van der Waals surface area (Å²) in [5.74, 6) is 1.70. The molecule has 1 saturated heterocycles. The molecule has 0 unspecified atom stereocenters. The smallest absolute Gasteiger partial charge is 0.143 e. The normalized spacial score (nSPS) is 16.2. The Bertz CT molecular complexity index is 1030. The van der Waals surface area contributed by atoms with E-state index in [1.165, 1.54) is 0 Å². The Balaban J connectivity index is 1.46.